The Morgan fingerprint density at radius 2 is 2.11 bits per heavy atom. The van der Waals surface area contributed by atoms with E-state index in [9.17, 15) is 14.4 Å². The van der Waals surface area contributed by atoms with Crippen molar-refractivity contribution >= 4 is 17.7 Å². The van der Waals surface area contributed by atoms with E-state index >= 15 is 0 Å². The molecule has 3 N–H and O–H groups in total. The zero-order valence-electron chi connectivity index (χ0n) is 10.9. The highest BCUT2D eigenvalue weighted by Gasteiger charge is 2.24. The number of nitrogens with one attached hydrogen (secondary N) is 3. The zero-order valence-corrected chi connectivity index (χ0v) is 10.9. The first-order chi connectivity index (χ1) is 8.49. The number of rotatable bonds is 5. The van der Waals surface area contributed by atoms with E-state index in [0.29, 0.717) is 31.8 Å². The predicted molar refractivity (Wildman–Crippen MR) is 66.6 cm³/mol. The van der Waals surface area contributed by atoms with Gasteiger partial charge in [-0.1, -0.05) is 13.8 Å². The molecule has 1 aliphatic rings. The second-order valence-electron chi connectivity index (χ2n) is 4.96. The Morgan fingerprint density at radius 3 is 2.67 bits per heavy atom. The minimum absolute atomic E-state index is 0.00397. The SMILES string of the molecule is CC(C)CNC(=O)CNC(=O)C1CCC(=O)NC1. The molecule has 6 heteroatoms. The molecule has 18 heavy (non-hydrogen) atoms. The monoisotopic (exact) mass is 255 g/mol. The second-order valence-corrected chi connectivity index (χ2v) is 4.96. The van der Waals surface area contributed by atoms with E-state index in [1.54, 1.807) is 0 Å². The number of carbonyl (C=O) groups excluding carboxylic acids is 3. The van der Waals surface area contributed by atoms with Crippen LogP contribution in [0, 0.1) is 11.8 Å². The summed E-state index contributed by atoms with van der Waals surface area (Å²) >= 11 is 0. The Balaban J connectivity index is 2.20. The van der Waals surface area contributed by atoms with Gasteiger partial charge in [0.15, 0.2) is 0 Å². The molecular weight excluding hydrogens is 234 g/mol. The van der Waals surface area contributed by atoms with Crippen molar-refractivity contribution in [1.29, 1.82) is 0 Å². The van der Waals surface area contributed by atoms with E-state index in [0.717, 1.165) is 0 Å². The fourth-order valence-electron chi connectivity index (χ4n) is 1.65. The van der Waals surface area contributed by atoms with Crippen LogP contribution in [-0.2, 0) is 14.4 Å². The summed E-state index contributed by atoms with van der Waals surface area (Å²) in [6, 6.07) is 0. The molecule has 1 aliphatic heterocycles. The lowest BCUT2D eigenvalue weighted by Gasteiger charge is -2.21. The molecule has 0 aliphatic carbocycles. The van der Waals surface area contributed by atoms with Crippen molar-refractivity contribution in [2.75, 3.05) is 19.6 Å². The Bertz CT molecular complexity index is 319. The molecule has 0 aromatic rings. The van der Waals surface area contributed by atoms with Crippen molar-refractivity contribution in [2.45, 2.75) is 26.7 Å². The van der Waals surface area contributed by atoms with Crippen molar-refractivity contribution in [1.82, 2.24) is 16.0 Å². The smallest absolute Gasteiger partial charge is 0.239 e. The molecule has 0 bridgehead atoms. The summed E-state index contributed by atoms with van der Waals surface area (Å²) in [6.07, 6.45) is 0.920. The van der Waals surface area contributed by atoms with Gasteiger partial charge in [0.25, 0.3) is 0 Å². The van der Waals surface area contributed by atoms with Crippen LogP contribution < -0.4 is 16.0 Å². The number of amides is 3. The van der Waals surface area contributed by atoms with Crippen LogP contribution in [-0.4, -0.2) is 37.4 Å². The van der Waals surface area contributed by atoms with Crippen molar-refractivity contribution in [3.63, 3.8) is 0 Å². The highest BCUT2D eigenvalue weighted by Crippen LogP contribution is 2.10. The summed E-state index contributed by atoms with van der Waals surface area (Å²) in [5.41, 5.74) is 0. The van der Waals surface area contributed by atoms with E-state index in [4.69, 9.17) is 0 Å². The third kappa shape index (κ3) is 5.16. The van der Waals surface area contributed by atoms with Crippen LogP contribution in [0.15, 0.2) is 0 Å². The molecule has 1 heterocycles. The van der Waals surface area contributed by atoms with Gasteiger partial charge >= 0.3 is 0 Å². The summed E-state index contributed by atoms with van der Waals surface area (Å²) < 4.78 is 0. The van der Waals surface area contributed by atoms with Crippen LogP contribution in [0.3, 0.4) is 0 Å². The van der Waals surface area contributed by atoms with E-state index in [2.05, 4.69) is 16.0 Å². The molecule has 0 aromatic carbocycles. The molecule has 1 rings (SSSR count). The van der Waals surface area contributed by atoms with Crippen LogP contribution in [0.2, 0.25) is 0 Å². The quantitative estimate of drug-likeness (QED) is 0.613. The van der Waals surface area contributed by atoms with Crippen LogP contribution >= 0.6 is 0 Å². The maximum absolute atomic E-state index is 11.7. The summed E-state index contributed by atoms with van der Waals surface area (Å²) in [5.74, 6) is -0.209. The Morgan fingerprint density at radius 1 is 1.39 bits per heavy atom. The summed E-state index contributed by atoms with van der Waals surface area (Å²) in [6.45, 7) is 4.97. The van der Waals surface area contributed by atoms with Gasteiger partial charge in [-0.05, 0) is 12.3 Å². The van der Waals surface area contributed by atoms with Crippen LogP contribution in [0.25, 0.3) is 0 Å². The fraction of sp³-hybridized carbons (Fsp3) is 0.750. The maximum atomic E-state index is 11.7. The third-order valence-corrected chi connectivity index (χ3v) is 2.77. The van der Waals surface area contributed by atoms with Crippen molar-refractivity contribution in [3.8, 4) is 0 Å². The normalized spacial score (nSPS) is 19.3. The molecule has 1 atom stereocenters. The van der Waals surface area contributed by atoms with E-state index in [1.807, 2.05) is 13.8 Å². The van der Waals surface area contributed by atoms with E-state index in [1.165, 1.54) is 0 Å². The molecule has 0 radical (unpaired) electrons. The lowest BCUT2D eigenvalue weighted by atomic mass is 9.98. The first-order valence-corrected chi connectivity index (χ1v) is 6.30. The largest absolute Gasteiger partial charge is 0.355 e. The topological polar surface area (TPSA) is 87.3 Å². The Kier molecular flexibility index (Phi) is 5.61. The second kappa shape index (κ2) is 6.98. The Labute approximate surface area is 107 Å². The first kappa shape index (κ1) is 14.5. The maximum Gasteiger partial charge on any atom is 0.239 e. The molecule has 1 unspecified atom stereocenters. The third-order valence-electron chi connectivity index (χ3n) is 2.77. The Hall–Kier alpha value is -1.59. The van der Waals surface area contributed by atoms with Gasteiger partial charge in [-0.25, -0.2) is 0 Å². The molecule has 6 nitrogen and oxygen atoms in total. The lowest BCUT2D eigenvalue weighted by Crippen LogP contribution is -2.45. The van der Waals surface area contributed by atoms with Crippen LogP contribution in [0.4, 0.5) is 0 Å². The number of hydrogen-bond donors (Lipinski definition) is 3. The molecule has 102 valence electrons. The predicted octanol–water partition coefficient (Wildman–Crippen LogP) is -0.599. The zero-order chi connectivity index (χ0) is 13.5. The minimum Gasteiger partial charge on any atom is -0.355 e. The van der Waals surface area contributed by atoms with Gasteiger partial charge in [0.05, 0.1) is 12.5 Å². The molecular formula is C12H21N3O3. The van der Waals surface area contributed by atoms with Crippen molar-refractivity contribution < 1.29 is 14.4 Å². The van der Waals surface area contributed by atoms with Gasteiger partial charge in [-0.2, -0.15) is 0 Å². The van der Waals surface area contributed by atoms with Crippen molar-refractivity contribution in [2.24, 2.45) is 11.8 Å². The van der Waals surface area contributed by atoms with Gasteiger partial charge in [-0.3, -0.25) is 14.4 Å². The molecule has 1 fully saturated rings. The van der Waals surface area contributed by atoms with Gasteiger partial charge in [0.1, 0.15) is 0 Å². The number of piperidine rings is 1. The van der Waals surface area contributed by atoms with Crippen LogP contribution in [0.5, 0.6) is 0 Å². The van der Waals surface area contributed by atoms with Crippen molar-refractivity contribution in [3.05, 3.63) is 0 Å². The highest BCUT2D eigenvalue weighted by atomic mass is 16.2. The number of carbonyl (C=O) groups is 3. The standard InChI is InChI=1S/C12H21N3O3/c1-8(2)5-13-11(17)7-15-12(18)9-3-4-10(16)14-6-9/h8-9H,3-7H2,1-2H3,(H,13,17)(H,14,16)(H,15,18). The molecule has 0 aromatic heterocycles. The van der Waals surface area contributed by atoms with Gasteiger partial charge in [-0.15, -0.1) is 0 Å². The minimum atomic E-state index is -0.222. The van der Waals surface area contributed by atoms with Gasteiger partial charge in [0.2, 0.25) is 17.7 Å². The highest BCUT2D eigenvalue weighted by molar-refractivity contribution is 5.87. The first-order valence-electron chi connectivity index (χ1n) is 6.30. The molecule has 0 spiro atoms. The van der Waals surface area contributed by atoms with Gasteiger partial charge < -0.3 is 16.0 Å². The van der Waals surface area contributed by atoms with E-state index < -0.39 is 0 Å². The molecule has 0 saturated carbocycles. The summed E-state index contributed by atoms with van der Waals surface area (Å²) in [4.78, 5) is 34.0. The molecule has 1 saturated heterocycles. The van der Waals surface area contributed by atoms with Gasteiger partial charge in [0, 0.05) is 19.5 Å². The average Bonchev–Trinajstić information content (AvgIpc) is 2.34. The number of hydrogen-bond acceptors (Lipinski definition) is 3. The average molecular weight is 255 g/mol. The summed E-state index contributed by atoms with van der Waals surface area (Å²) in [5, 5.41) is 7.95. The lowest BCUT2D eigenvalue weighted by molar-refractivity contribution is -0.131. The van der Waals surface area contributed by atoms with E-state index in [-0.39, 0.29) is 30.2 Å². The molecule has 3 amide bonds. The van der Waals surface area contributed by atoms with Crippen LogP contribution in [0.1, 0.15) is 26.7 Å². The summed E-state index contributed by atoms with van der Waals surface area (Å²) in [7, 11) is 0. The fourth-order valence-corrected chi connectivity index (χ4v) is 1.65.